The average molecular weight is 266 g/mol. The Balaban J connectivity index is 3.17. The highest BCUT2D eigenvalue weighted by molar-refractivity contribution is 5.82. The smallest absolute Gasteiger partial charge is 0.369 e. The van der Waals surface area contributed by atoms with Gasteiger partial charge in [-0.2, -0.15) is 18.3 Å². The Morgan fingerprint density at radius 1 is 1.11 bits per heavy atom. The summed E-state index contributed by atoms with van der Waals surface area (Å²) < 4.78 is 63.1. The van der Waals surface area contributed by atoms with E-state index in [0.29, 0.717) is 6.21 Å². The van der Waals surface area contributed by atoms with Crippen LogP contribution in [0.25, 0.3) is 0 Å². The van der Waals surface area contributed by atoms with Crippen LogP contribution in [0.5, 0.6) is 0 Å². The Morgan fingerprint density at radius 2 is 1.61 bits per heavy atom. The molecule has 0 fully saturated rings. The molecule has 18 heavy (non-hydrogen) atoms. The average Bonchev–Trinajstić information content (AvgIpc) is 2.20. The predicted molar refractivity (Wildman–Crippen MR) is 54.8 cm³/mol. The Kier molecular flexibility index (Phi) is 3.84. The number of guanidine groups is 1. The van der Waals surface area contributed by atoms with Crippen LogP contribution in [0, 0.1) is 11.6 Å². The molecule has 1 rings (SSSR count). The van der Waals surface area contributed by atoms with E-state index in [2.05, 4.69) is 10.2 Å². The van der Waals surface area contributed by atoms with Gasteiger partial charge in [0.1, 0.15) is 11.6 Å². The minimum absolute atomic E-state index is 0.153. The molecule has 0 saturated heterocycles. The van der Waals surface area contributed by atoms with Crippen LogP contribution in [0.4, 0.5) is 22.0 Å². The fourth-order valence-corrected chi connectivity index (χ4v) is 1.02. The zero-order valence-electron chi connectivity index (χ0n) is 8.67. The van der Waals surface area contributed by atoms with Crippen LogP contribution in [0.1, 0.15) is 11.1 Å². The van der Waals surface area contributed by atoms with Crippen molar-refractivity contribution in [1.82, 2.24) is 0 Å². The maximum Gasteiger partial charge on any atom is 0.416 e. The largest absolute Gasteiger partial charge is 0.416 e. The molecule has 0 bridgehead atoms. The molecule has 9 heteroatoms. The molecule has 0 aliphatic rings. The molecule has 0 amide bonds. The van der Waals surface area contributed by atoms with Gasteiger partial charge in [0.05, 0.1) is 17.3 Å². The highest BCUT2D eigenvalue weighted by Gasteiger charge is 2.32. The monoisotopic (exact) mass is 266 g/mol. The fraction of sp³-hybridized carbons (Fsp3) is 0.111. The molecule has 4 N–H and O–H groups in total. The van der Waals surface area contributed by atoms with Crippen molar-refractivity contribution in [1.29, 1.82) is 0 Å². The number of hydrogen-bond donors (Lipinski definition) is 2. The van der Waals surface area contributed by atoms with E-state index in [1.54, 1.807) is 0 Å². The van der Waals surface area contributed by atoms with E-state index in [1.807, 2.05) is 0 Å². The quantitative estimate of drug-likeness (QED) is 0.369. The molecule has 0 unspecified atom stereocenters. The molecule has 0 aliphatic carbocycles. The Labute approximate surface area is 97.8 Å². The lowest BCUT2D eigenvalue weighted by molar-refractivity contribution is -0.138. The van der Waals surface area contributed by atoms with Gasteiger partial charge >= 0.3 is 6.18 Å². The number of nitrogens with zero attached hydrogens (tertiary/aromatic N) is 2. The number of nitrogens with two attached hydrogens (primary N) is 2. The van der Waals surface area contributed by atoms with Crippen molar-refractivity contribution in [3.05, 3.63) is 34.9 Å². The third-order valence-electron chi connectivity index (χ3n) is 1.77. The zero-order valence-corrected chi connectivity index (χ0v) is 8.67. The lowest BCUT2D eigenvalue weighted by Gasteiger charge is -2.08. The van der Waals surface area contributed by atoms with Gasteiger partial charge < -0.3 is 11.5 Å². The van der Waals surface area contributed by atoms with Crippen LogP contribution >= 0.6 is 0 Å². The summed E-state index contributed by atoms with van der Waals surface area (Å²) in [5.74, 6) is -3.30. The van der Waals surface area contributed by atoms with Crippen LogP contribution in [0.2, 0.25) is 0 Å². The van der Waals surface area contributed by atoms with Gasteiger partial charge in [0.25, 0.3) is 0 Å². The zero-order chi connectivity index (χ0) is 13.9. The number of rotatable bonds is 2. The van der Waals surface area contributed by atoms with E-state index in [9.17, 15) is 22.0 Å². The lowest BCUT2D eigenvalue weighted by atomic mass is 10.1. The summed E-state index contributed by atoms with van der Waals surface area (Å²) >= 11 is 0. The molecular formula is C9H7F5N4. The van der Waals surface area contributed by atoms with E-state index in [0.717, 1.165) is 0 Å². The van der Waals surface area contributed by atoms with E-state index in [1.165, 1.54) is 0 Å². The van der Waals surface area contributed by atoms with Gasteiger partial charge in [-0.15, -0.1) is 5.10 Å². The second-order valence-electron chi connectivity index (χ2n) is 3.12. The normalized spacial score (nSPS) is 11.8. The van der Waals surface area contributed by atoms with Gasteiger partial charge in [0.15, 0.2) is 0 Å². The molecular weight excluding hydrogens is 259 g/mol. The topological polar surface area (TPSA) is 76.8 Å². The first kappa shape index (κ1) is 13.9. The van der Waals surface area contributed by atoms with Crippen LogP contribution in [-0.4, -0.2) is 12.2 Å². The second-order valence-corrected chi connectivity index (χ2v) is 3.12. The van der Waals surface area contributed by atoms with Gasteiger partial charge in [0.2, 0.25) is 5.96 Å². The molecule has 1 aromatic carbocycles. The van der Waals surface area contributed by atoms with E-state index in [4.69, 9.17) is 11.5 Å². The van der Waals surface area contributed by atoms with E-state index < -0.39 is 34.9 Å². The lowest BCUT2D eigenvalue weighted by Crippen LogP contribution is -2.21. The summed E-state index contributed by atoms with van der Waals surface area (Å²) in [6.07, 6.45) is -4.26. The summed E-state index contributed by atoms with van der Waals surface area (Å²) in [5.41, 5.74) is 7.58. The second kappa shape index (κ2) is 4.98. The standard InChI is InChI=1S/C9H7F5N4/c10-6-1-4(9(12,13)14)2-7(11)5(6)3-17-18-8(15)16/h1-3H,(H4,15,16,18). The number of alkyl halides is 3. The summed E-state index contributed by atoms with van der Waals surface area (Å²) in [5, 5.41) is 6.17. The van der Waals surface area contributed by atoms with Crippen molar-refractivity contribution in [3.63, 3.8) is 0 Å². The first-order valence-electron chi connectivity index (χ1n) is 4.40. The maximum atomic E-state index is 13.2. The van der Waals surface area contributed by atoms with Crippen molar-refractivity contribution < 1.29 is 22.0 Å². The van der Waals surface area contributed by atoms with Crippen LogP contribution < -0.4 is 11.5 Å². The molecule has 0 spiro atoms. The molecule has 0 heterocycles. The third kappa shape index (κ3) is 3.40. The van der Waals surface area contributed by atoms with Gasteiger partial charge in [0, 0.05) is 0 Å². The number of benzene rings is 1. The minimum Gasteiger partial charge on any atom is -0.369 e. The van der Waals surface area contributed by atoms with Crippen molar-refractivity contribution in [2.45, 2.75) is 6.18 Å². The Morgan fingerprint density at radius 3 is 2.00 bits per heavy atom. The maximum absolute atomic E-state index is 13.2. The molecule has 4 nitrogen and oxygen atoms in total. The predicted octanol–water partition coefficient (Wildman–Crippen LogP) is 1.59. The first-order valence-corrected chi connectivity index (χ1v) is 4.40. The SMILES string of the molecule is NC(N)=NN=Cc1c(F)cc(C(F)(F)F)cc1F. The molecule has 0 saturated carbocycles. The van der Waals surface area contributed by atoms with Gasteiger partial charge in [-0.3, -0.25) is 0 Å². The third-order valence-corrected chi connectivity index (χ3v) is 1.77. The molecule has 98 valence electrons. The minimum atomic E-state index is -4.84. The number of halogens is 5. The summed E-state index contributed by atoms with van der Waals surface area (Å²) in [6.45, 7) is 0. The van der Waals surface area contributed by atoms with Crippen LogP contribution in [0.3, 0.4) is 0 Å². The summed E-state index contributed by atoms with van der Waals surface area (Å²) in [7, 11) is 0. The van der Waals surface area contributed by atoms with Gasteiger partial charge in [-0.05, 0) is 12.1 Å². The summed E-state index contributed by atoms with van der Waals surface area (Å²) in [4.78, 5) is 0. The van der Waals surface area contributed by atoms with Crippen molar-refractivity contribution >= 4 is 12.2 Å². The van der Waals surface area contributed by atoms with Crippen LogP contribution in [0.15, 0.2) is 22.3 Å². The van der Waals surface area contributed by atoms with Crippen LogP contribution in [-0.2, 0) is 6.18 Å². The van der Waals surface area contributed by atoms with Crippen molar-refractivity contribution in [2.75, 3.05) is 0 Å². The highest BCUT2D eigenvalue weighted by Crippen LogP contribution is 2.31. The highest BCUT2D eigenvalue weighted by atomic mass is 19.4. The van der Waals surface area contributed by atoms with Crippen molar-refractivity contribution in [3.8, 4) is 0 Å². The van der Waals surface area contributed by atoms with Gasteiger partial charge in [-0.25, -0.2) is 8.78 Å². The summed E-state index contributed by atoms with van der Waals surface area (Å²) in [6, 6.07) is 0.305. The number of hydrogen-bond acceptors (Lipinski definition) is 2. The fourth-order valence-electron chi connectivity index (χ4n) is 1.02. The Hall–Kier alpha value is -2.19. The molecule has 0 radical (unpaired) electrons. The first-order chi connectivity index (χ1) is 8.21. The van der Waals surface area contributed by atoms with Crippen molar-refractivity contribution in [2.24, 2.45) is 21.7 Å². The van der Waals surface area contributed by atoms with E-state index >= 15 is 0 Å². The molecule has 0 aromatic heterocycles. The Bertz CT molecular complexity index is 479. The molecule has 0 atom stereocenters. The molecule has 1 aromatic rings. The molecule has 0 aliphatic heterocycles. The van der Waals surface area contributed by atoms with E-state index in [-0.39, 0.29) is 12.1 Å². The van der Waals surface area contributed by atoms with Gasteiger partial charge in [-0.1, -0.05) is 0 Å².